The third-order valence-corrected chi connectivity index (χ3v) is 3.40. The first kappa shape index (κ1) is 16.3. The molecule has 0 saturated carbocycles. The molecule has 1 aromatic carbocycles. The van der Waals surface area contributed by atoms with Gasteiger partial charge in [0.05, 0.1) is 24.7 Å². The topological polar surface area (TPSA) is 93.1 Å². The number of benzene rings is 1. The molecule has 1 aliphatic rings. The molecule has 6 heteroatoms. The van der Waals surface area contributed by atoms with Crippen LogP contribution in [-0.2, 0) is 16.0 Å². The number of Topliss-reactive ketones (excluding diaryl/α,β-unsaturated/α-hetero) is 1. The molecule has 0 aliphatic carbocycles. The van der Waals surface area contributed by atoms with Crippen molar-refractivity contribution < 1.29 is 29.3 Å². The molecule has 0 spiro atoms. The van der Waals surface area contributed by atoms with Gasteiger partial charge in [0.1, 0.15) is 17.6 Å². The second-order valence-electron chi connectivity index (χ2n) is 5.41. The van der Waals surface area contributed by atoms with Gasteiger partial charge in [0, 0.05) is 18.9 Å². The van der Waals surface area contributed by atoms with E-state index >= 15 is 0 Å². The highest BCUT2D eigenvalue weighted by Crippen LogP contribution is 2.35. The summed E-state index contributed by atoms with van der Waals surface area (Å²) in [5, 5.41) is 19.2. The lowest BCUT2D eigenvalue weighted by Gasteiger charge is -2.27. The number of phenolic OH excluding ortho intramolecular Hbond substituents is 1. The van der Waals surface area contributed by atoms with Crippen LogP contribution in [0.4, 0.5) is 0 Å². The molecule has 0 amide bonds. The van der Waals surface area contributed by atoms with Gasteiger partial charge in [-0.2, -0.15) is 0 Å². The fourth-order valence-corrected chi connectivity index (χ4v) is 2.62. The van der Waals surface area contributed by atoms with Crippen molar-refractivity contribution in [1.29, 1.82) is 0 Å². The summed E-state index contributed by atoms with van der Waals surface area (Å²) in [6, 6.07) is 2.74. The summed E-state index contributed by atoms with van der Waals surface area (Å²) in [6.07, 6.45) is -0.652. The monoisotopic (exact) mass is 308 g/mol. The number of ketones is 1. The van der Waals surface area contributed by atoms with Crippen LogP contribution >= 0.6 is 0 Å². The van der Waals surface area contributed by atoms with E-state index in [1.54, 1.807) is 13.8 Å². The zero-order valence-corrected chi connectivity index (χ0v) is 12.7. The molecular formula is C16H20O6. The smallest absolute Gasteiger partial charge is 0.310 e. The molecule has 0 saturated heterocycles. The number of hydrogen-bond donors (Lipinski definition) is 2. The normalized spacial score (nSPS) is 18.3. The molecule has 2 rings (SSSR count). The standard InChI is InChI=1S/C16H20O6/c1-3-21-15(20)6-10-5-11(18)7-14-16(10)13(19)8-12(22-14)4-9(2)17/h5,7,9,12,17-18H,3-4,6,8H2,1-2H3/t9-,12+/m0/s1. The highest BCUT2D eigenvalue weighted by molar-refractivity contribution is 6.02. The van der Waals surface area contributed by atoms with E-state index in [2.05, 4.69) is 0 Å². The minimum absolute atomic E-state index is 0.0801. The fraction of sp³-hybridized carbons (Fsp3) is 0.500. The number of esters is 1. The van der Waals surface area contributed by atoms with Crippen molar-refractivity contribution in [3.63, 3.8) is 0 Å². The molecule has 1 heterocycles. The van der Waals surface area contributed by atoms with Crippen molar-refractivity contribution in [2.24, 2.45) is 0 Å². The predicted octanol–water partition coefficient (Wildman–Crippen LogP) is 1.60. The Bertz CT molecular complexity index is 578. The Morgan fingerprint density at radius 3 is 2.86 bits per heavy atom. The average Bonchev–Trinajstić information content (AvgIpc) is 2.36. The van der Waals surface area contributed by atoms with Gasteiger partial charge in [-0.15, -0.1) is 0 Å². The van der Waals surface area contributed by atoms with Gasteiger partial charge in [0.2, 0.25) is 0 Å². The number of aliphatic hydroxyl groups is 1. The third kappa shape index (κ3) is 3.76. The van der Waals surface area contributed by atoms with Crippen LogP contribution in [0.25, 0.3) is 0 Å². The first-order valence-electron chi connectivity index (χ1n) is 7.30. The lowest BCUT2D eigenvalue weighted by molar-refractivity contribution is -0.142. The lowest BCUT2D eigenvalue weighted by Crippen LogP contribution is -2.30. The quantitative estimate of drug-likeness (QED) is 0.803. The van der Waals surface area contributed by atoms with Crippen LogP contribution in [0.1, 0.15) is 42.6 Å². The molecule has 2 N–H and O–H groups in total. The number of ether oxygens (including phenoxy) is 2. The van der Waals surface area contributed by atoms with Gasteiger partial charge in [0.25, 0.3) is 0 Å². The number of carbonyl (C=O) groups excluding carboxylic acids is 2. The molecule has 22 heavy (non-hydrogen) atoms. The second kappa shape index (κ2) is 6.79. The van der Waals surface area contributed by atoms with E-state index in [1.807, 2.05) is 0 Å². The van der Waals surface area contributed by atoms with Crippen molar-refractivity contribution >= 4 is 11.8 Å². The zero-order valence-electron chi connectivity index (χ0n) is 12.7. The molecule has 0 aromatic heterocycles. The number of carbonyl (C=O) groups is 2. The Morgan fingerprint density at radius 2 is 2.23 bits per heavy atom. The van der Waals surface area contributed by atoms with Gasteiger partial charge in [-0.25, -0.2) is 0 Å². The van der Waals surface area contributed by atoms with Crippen LogP contribution in [0.2, 0.25) is 0 Å². The van der Waals surface area contributed by atoms with Crippen molar-refractivity contribution in [3.8, 4) is 11.5 Å². The Kier molecular flexibility index (Phi) is 5.03. The third-order valence-electron chi connectivity index (χ3n) is 3.40. The summed E-state index contributed by atoms with van der Waals surface area (Å²) in [6.45, 7) is 3.57. The van der Waals surface area contributed by atoms with Crippen molar-refractivity contribution in [1.82, 2.24) is 0 Å². The van der Waals surface area contributed by atoms with Crippen LogP contribution in [0.3, 0.4) is 0 Å². The van der Waals surface area contributed by atoms with Crippen LogP contribution < -0.4 is 4.74 Å². The van der Waals surface area contributed by atoms with Gasteiger partial charge < -0.3 is 19.7 Å². The molecule has 0 radical (unpaired) electrons. The van der Waals surface area contributed by atoms with E-state index < -0.39 is 18.2 Å². The molecule has 1 aliphatic heterocycles. The number of hydrogen-bond acceptors (Lipinski definition) is 6. The first-order chi connectivity index (χ1) is 10.4. The van der Waals surface area contributed by atoms with Crippen LogP contribution in [0.5, 0.6) is 11.5 Å². The van der Waals surface area contributed by atoms with E-state index in [0.29, 0.717) is 17.5 Å². The number of rotatable bonds is 5. The molecule has 120 valence electrons. The summed E-state index contributed by atoms with van der Waals surface area (Å²) in [7, 11) is 0. The van der Waals surface area contributed by atoms with Gasteiger partial charge in [0.15, 0.2) is 5.78 Å². The summed E-state index contributed by atoms with van der Waals surface area (Å²) < 4.78 is 10.6. The summed E-state index contributed by atoms with van der Waals surface area (Å²) in [4.78, 5) is 24.0. The maximum Gasteiger partial charge on any atom is 0.310 e. The fourth-order valence-electron chi connectivity index (χ4n) is 2.62. The van der Waals surface area contributed by atoms with Gasteiger partial charge in [-0.05, 0) is 25.5 Å². The molecule has 1 aromatic rings. The highest BCUT2D eigenvalue weighted by atomic mass is 16.5. The highest BCUT2D eigenvalue weighted by Gasteiger charge is 2.30. The maximum atomic E-state index is 12.4. The minimum Gasteiger partial charge on any atom is -0.508 e. The Morgan fingerprint density at radius 1 is 1.50 bits per heavy atom. The number of aromatic hydroxyl groups is 1. The van der Waals surface area contributed by atoms with Gasteiger partial charge >= 0.3 is 5.97 Å². The Hall–Kier alpha value is -2.08. The van der Waals surface area contributed by atoms with Gasteiger partial charge in [-0.1, -0.05) is 0 Å². The minimum atomic E-state index is -0.587. The number of fused-ring (bicyclic) bond motifs is 1. The van der Waals surface area contributed by atoms with E-state index in [4.69, 9.17) is 9.47 Å². The SMILES string of the molecule is CCOC(=O)Cc1cc(O)cc2c1C(=O)C[C@@H](C[C@H](C)O)O2. The second-order valence-corrected chi connectivity index (χ2v) is 5.41. The molecular weight excluding hydrogens is 288 g/mol. The van der Waals surface area contributed by atoms with E-state index in [-0.39, 0.29) is 36.7 Å². The molecule has 0 fully saturated rings. The average molecular weight is 308 g/mol. The Balaban J connectivity index is 2.30. The summed E-state index contributed by atoms with van der Waals surface area (Å²) >= 11 is 0. The van der Waals surface area contributed by atoms with Crippen LogP contribution in [0, 0.1) is 0 Å². The van der Waals surface area contributed by atoms with Crippen LogP contribution in [0.15, 0.2) is 12.1 Å². The number of aliphatic hydroxyl groups excluding tert-OH is 1. The molecule has 0 unspecified atom stereocenters. The maximum absolute atomic E-state index is 12.4. The molecule has 0 bridgehead atoms. The molecule has 2 atom stereocenters. The first-order valence-corrected chi connectivity index (χ1v) is 7.30. The van der Waals surface area contributed by atoms with E-state index in [0.717, 1.165) is 0 Å². The Labute approximate surface area is 128 Å². The van der Waals surface area contributed by atoms with Crippen LogP contribution in [-0.4, -0.2) is 40.8 Å². The van der Waals surface area contributed by atoms with E-state index in [1.165, 1.54) is 12.1 Å². The van der Waals surface area contributed by atoms with Crippen molar-refractivity contribution in [2.75, 3.05) is 6.61 Å². The lowest BCUT2D eigenvalue weighted by atomic mass is 9.92. The van der Waals surface area contributed by atoms with Crippen molar-refractivity contribution in [3.05, 3.63) is 23.3 Å². The summed E-state index contributed by atoms with van der Waals surface area (Å²) in [5.41, 5.74) is 0.710. The van der Waals surface area contributed by atoms with Gasteiger partial charge in [-0.3, -0.25) is 9.59 Å². The van der Waals surface area contributed by atoms with Crippen molar-refractivity contribution in [2.45, 2.75) is 45.3 Å². The molecule has 6 nitrogen and oxygen atoms in total. The van der Waals surface area contributed by atoms with E-state index in [9.17, 15) is 19.8 Å². The summed E-state index contributed by atoms with van der Waals surface area (Å²) in [5.74, 6) is -0.454. The number of phenols is 1. The predicted molar refractivity (Wildman–Crippen MR) is 78.1 cm³/mol. The largest absolute Gasteiger partial charge is 0.508 e. The zero-order chi connectivity index (χ0) is 16.3.